The molecule has 0 bridgehead atoms. The monoisotopic (exact) mass is 270 g/mol. The summed E-state index contributed by atoms with van der Waals surface area (Å²) in [4.78, 5) is 7.02. The van der Waals surface area contributed by atoms with Gasteiger partial charge >= 0.3 is 0 Å². The summed E-state index contributed by atoms with van der Waals surface area (Å²) in [5.74, 6) is 0. The quantitative estimate of drug-likeness (QED) is 0.778. The number of aryl methyl sites for hydroxylation is 1. The molecule has 0 saturated carbocycles. The van der Waals surface area contributed by atoms with Gasteiger partial charge in [-0.05, 0) is 30.8 Å². The van der Waals surface area contributed by atoms with Gasteiger partial charge in [0.25, 0.3) is 0 Å². The van der Waals surface area contributed by atoms with E-state index in [1.165, 1.54) is 0 Å². The van der Waals surface area contributed by atoms with Crippen LogP contribution in [-0.2, 0) is 0 Å². The van der Waals surface area contributed by atoms with E-state index in [-0.39, 0.29) is 0 Å². The van der Waals surface area contributed by atoms with E-state index in [0.717, 1.165) is 16.8 Å². The lowest BCUT2D eigenvalue weighted by Crippen LogP contribution is -1.92. The number of benzene rings is 1. The van der Waals surface area contributed by atoms with Crippen LogP contribution in [0, 0.1) is 11.7 Å². The van der Waals surface area contributed by atoms with Crippen LogP contribution in [0.15, 0.2) is 24.4 Å². The molecule has 0 atom stereocenters. The summed E-state index contributed by atoms with van der Waals surface area (Å²) >= 11 is 17.1. The van der Waals surface area contributed by atoms with Crippen molar-refractivity contribution in [1.82, 2.24) is 9.97 Å². The third-order valence-corrected chi connectivity index (χ3v) is 3.25. The molecular formula is C11H8Cl2N2S. The van der Waals surface area contributed by atoms with Crippen molar-refractivity contribution in [3.05, 3.63) is 44.8 Å². The minimum absolute atomic E-state index is 0.427. The van der Waals surface area contributed by atoms with Gasteiger partial charge in [0.15, 0.2) is 4.77 Å². The molecule has 0 saturated heterocycles. The Morgan fingerprint density at radius 3 is 2.81 bits per heavy atom. The van der Waals surface area contributed by atoms with Crippen LogP contribution in [0.5, 0.6) is 0 Å². The first-order valence-electron chi connectivity index (χ1n) is 4.60. The zero-order valence-corrected chi connectivity index (χ0v) is 10.7. The number of nitrogens with one attached hydrogen (secondary N) is 1. The standard InChI is InChI=1S/C11H8Cl2N2S/c1-6-5-14-11(16)15-10(6)7-3-2-4-8(12)9(7)13/h2-5H,1H3,(H,14,15,16). The second-order valence-corrected chi connectivity index (χ2v) is 4.52. The minimum Gasteiger partial charge on any atom is -0.330 e. The SMILES string of the molecule is Cc1cnc(=S)[nH]c1-c1cccc(Cl)c1Cl. The van der Waals surface area contributed by atoms with Crippen molar-refractivity contribution in [1.29, 1.82) is 0 Å². The Balaban J connectivity index is 2.72. The maximum absolute atomic E-state index is 6.15. The van der Waals surface area contributed by atoms with Gasteiger partial charge in [-0.2, -0.15) is 0 Å². The van der Waals surface area contributed by atoms with E-state index < -0.39 is 0 Å². The van der Waals surface area contributed by atoms with Crippen LogP contribution < -0.4 is 0 Å². The van der Waals surface area contributed by atoms with Gasteiger partial charge in [-0.3, -0.25) is 0 Å². The van der Waals surface area contributed by atoms with Gasteiger partial charge in [-0.1, -0.05) is 35.3 Å². The Bertz CT molecular complexity index is 593. The molecule has 1 aromatic carbocycles. The third kappa shape index (κ3) is 2.12. The number of aromatic nitrogens is 2. The fraction of sp³-hybridized carbons (Fsp3) is 0.0909. The van der Waals surface area contributed by atoms with Crippen LogP contribution in [0.2, 0.25) is 10.0 Å². The van der Waals surface area contributed by atoms with Crippen molar-refractivity contribution in [2.24, 2.45) is 0 Å². The second-order valence-electron chi connectivity index (χ2n) is 3.35. The van der Waals surface area contributed by atoms with Crippen LogP contribution in [0.4, 0.5) is 0 Å². The average molecular weight is 271 g/mol. The van der Waals surface area contributed by atoms with Crippen molar-refractivity contribution in [2.45, 2.75) is 6.92 Å². The van der Waals surface area contributed by atoms with Gasteiger partial charge < -0.3 is 4.98 Å². The van der Waals surface area contributed by atoms with Gasteiger partial charge in [0.1, 0.15) is 0 Å². The molecule has 82 valence electrons. The molecular weight excluding hydrogens is 263 g/mol. The lowest BCUT2D eigenvalue weighted by atomic mass is 10.1. The number of hydrogen-bond donors (Lipinski definition) is 1. The maximum atomic E-state index is 6.15. The second kappa shape index (κ2) is 4.53. The summed E-state index contributed by atoms with van der Waals surface area (Å²) in [5, 5.41) is 1.04. The molecule has 1 N–H and O–H groups in total. The highest BCUT2D eigenvalue weighted by atomic mass is 35.5. The highest BCUT2D eigenvalue weighted by molar-refractivity contribution is 7.71. The summed E-state index contributed by atoms with van der Waals surface area (Å²) < 4.78 is 0.427. The molecule has 5 heteroatoms. The molecule has 0 unspecified atom stereocenters. The molecule has 2 aromatic rings. The number of aromatic amines is 1. The summed E-state index contributed by atoms with van der Waals surface area (Å²) in [6.07, 6.45) is 1.71. The normalized spacial score (nSPS) is 10.4. The molecule has 0 aliphatic heterocycles. The van der Waals surface area contributed by atoms with Crippen LogP contribution in [0.3, 0.4) is 0 Å². The summed E-state index contributed by atoms with van der Waals surface area (Å²) in [7, 11) is 0. The van der Waals surface area contributed by atoms with Gasteiger partial charge in [-0.25, -0.2) is 4.98 Å². The first-order chi connectivity index (χ1) is 7.59. The molecule has 0 aliphatic rings. The van der Waals surface area contributed by atoms with Crippen LogP contribution >= 0.6 is 35.4 Å². The molecule has 0 fully saturated rings. The number of H-pyrrole nitrogens is 1. The van der Waals surface area contributed by atoms with Crippen molar-refractivity contribution >= 4 is 35.4 Å². The Morgan fingerprint density at radius 2 is 2.06 bits per heavy atom. The van der Waals surface area contributed by atoms with Crippen molar-refractivity contribution < 1.29 is 0 Å². The van der Waals surface area contributed by atoms with E-state index in [1.54, 1.807) is 12.3 Å². The van der Waals surface area contributed by atoms with Crippen LogP contribution in [-0.4, -0.2) is 9.97 Å². The van der Waals surface area contributed by atoms with E-state index in [4.69, 9.17) is 35.4 Å². The maximum Gasteiger partial charge on any atom is 0.197 e. The van der Waals surface area contributed by atoms with Gasteiger partial charge in [0.05, 0.1) is 15.7 Å². The summed E-state index contributed by atoms with van der Waals surface area (Å²) in [6, 6.07) is 5.49. The van der Waals surface area contributed by atoms with Crippen LogP contribution in [0.1, 0.15) is 5.56 Å². The fourth-order valence-electron chi connectivity index (χ4n) is 1.43. The zero-order chi connectivity index (χ0) is 11.7. The predicted octanol–water partition coefficient (Wildman–Crippen LogP) is 4.42. The lowest BCUT2D eigenvalue weighted by Gasteiger charge is -2.08. The fourth-order valence-corrected chi connectivity index (χ4v) is 1.98. The molecule has 0 spiro atoms. The van der Waals surface area contributed by atoms with E-state index in [1.807, 2.05) is 19.1 Å². The molecule has 16 heavy (non-hydrogen) atoms. The first kappa shape index (κ1) is 11.6. The Labute approximate surface area is 108 Å². The van der Waals surface area contributed by atoms with E-state index in [0.29, 0.717) is 14.8 Å². The average Bonchev–Trinajstić information content (AvgIpc) is 2.26. The Hall–Kier alpha value is -0.900. The third-order valence-electron chi connectivity index (χ3n) is 2.22. The molecule has 2 nitrogen and oxygen atoms in total. The Kier molecular flexibility index (Phi) is 3.28. The number of rotatable bonds is 1. The van der Waals surface area contributed by atoms with E-state index in [9.17, 15) is 0 Å². The van der Waals surface area contributed by atoms with E-state index in [2.05, 4.69) is 9.97 Å². The van der Waals surface area contributed by atoms with Gasteiger partial charge in [-0.15, -0.1) is 0 Å². The number of halogens is 2. The predicted molar refractivity (Wildman–Crippen MR) is 69.6 cm³/mol. The first-order valence-corrected chi connectivity index (χ1v) is 5.76. The highest BCUT2D eigenvalue weighted by Crippen LogP contribution is 2.33. The highest BCUT2D eigenvalue weighted by Gasteiger charge is 2.09. The van der Waals surface area contributed by atoms with Crippen molar-refractivity contribution in [2.75, 3.05) is 0 Å². The summed E-state index contributed by atoms with van der Waals surface area (Å²) in [5.41, 5.74) is 2.66. The zero-order valence-electron chi connectivity index (χ0n) is 8.42. The molecule has 1 aromatic heterocycles. The largest absolute Gasteiger partial charge is 0.330 e. The molecule has 0 radical (unpaired) electrons. The molecule has 2 rings (SSSR count). The lowest BCUT2D eigenvalue weighted by molar-refractivity contribution is 1.11. The summed E-state index contributed by atoms with van der Waals surface area (Å²) in [6.45, 7) is 1.94. The van der Waals surface area contributed by atoms with E-state index >= 15 is 0 Å². The number of hydrogen-bond acceptors (Lipinski definition) is 2. The number of nitrogens with zero attached hydrogens (tertiary/aromatic N) is 1. The topological polar surface area (TPSA) is 28.7 Å². The van der Waals surface area contributed by atoms with Gasteiger partial charge in [0, 0.05) is 11.8 Å². The van der Waals surface area contributed by atoms with Crippen LogP contribution in [0.25, 0.3) is 11.3 Å². The molecule has 0 amide bonds. The minimum atomic E-state index is 0.427. The smallest absolute Gasteiger partial charge is 0.197 e. The van der Waals surface area contributed by atoms with Gasteiger partial charge in [0.2, 0.25) is 0 Å². The van der Waals surface area contributed by atoms with Crippen molar-refractivity contribution in [3.8, 4) is 11.3 Å². The molecule has 0 aliphatic carbocycles. The molecule has 1 heterocycles. The van der Waals surface area contributed by atoms with Crippen molar-refractivity contribution in [3.63, 3.8) is 0 Å². The Morgan fingerprint density at radius 1 is 1.31 bits per heavy atom.